The Labute approximate surface area is 319 Å². The summed E-state index contributed by atoms with van der Waals surface area (Å²) in [5, 5.41) is 4.40. The molecule has 0 saturated carbocycles. The number of benzene rings is 8. The number of hydrogen-bond donors (Lipinski definition) is 0. The average molecular weight is 709 g/mol. The van der Waals surface area contributed by atoms with Crippen LogP contribution in [-0.4, -0.2) is 0 Å². The van der Waals surface area contributed by atoms with E-state index in [9.17, 15) is 0 Å². The van der Waals surface area contributed by atoms with Gasteiger partial charge in [0.25, 0.3) is 0 Å². The van der Waals surface area contributed by atoms with Crippen LogP contribution in [0.2, 0.25) is 0 Å². The second-order valence-corrected chi connectivity index (χ2v) is 14.9. The molecule has 8 aromatic carbocycles. The zero-order chi connectivity index (χ0) is 36.7. The maximum absolute atomic E-state index is 6.82. The van der Waals surface area contributed by atoms with Crippen LogP contribution in [0, 0.1) is 0 Å². The molecule has 0 unspecified atom stereocenters. The molecule has 0 aliphatic carbocycles. The van der Waals surface area contributed by atoms with E-state index in [4.69, 9.17) is 8.83 Å². The van der Waals surface area contributed by atoms with E-state index >= 15 is 0 Å². The highest BCUT2D eigenvalue weighted by Gasteiger charge is 2.40. The van der Waals surface area contributed by atoms with Crippen LogP contribution < -0.4 is 9.80 Å². The fourth-order valence-corrected chi connectivity index (χ4v) is 8.74. The highest BCUT2D eigenvalue weighted by Crippen LogP contribution is 2.57. The lowest BCUT2D eigenvalue weighted by molar-refractivity contribution is 0.622. The summed E-state index contributed by atoms with van der Waals surface area (Å²) in [4.78, 5) is 4.74. The molecule has 0 fully saturated rings. The second-order valence-electron chi connectivity index (χ2n) is 14.9. The Morgan fingerprint density at radius 1 is 0.418 bits per heavy atom. The van der Waals surface area contributed by atoms with Crippen molar-refractivity contribution in [3.05, 3.63) is 193 Å². The van der Waals surface area contributed by atoms with Crippen molar-refractivity contribution in [1.29, 1.82) is 0 Å². The largest absolute Gasteiger partial charge is 0.454 e. The SMILES string of the molecule is CC1(C)c2cc(N(c3ccccc3)c3ccc(-c4ccccc4)cc3)ccc2N(c2cccc3c2oc2ccccc23)c2c1ccc1c2oc2ccccc21. The third-order valence-electron chi connectivity index (χ3n) is 11.4. The molecule has 1 aliphatic heterocycles. The predicted molar refractivity (Wildman–Crippen MR) is 228 cm³/mol. The molecule has 2 aromatic heterocycles. The van der Waals surface area contributed by atoms with Crippen molar-refractivity contribution < 1.29 is 8.83 Å². The van der Waals surface area contributed by atoms with Gasteiger partial charge in [-0.2, -0.15) is 0 Å². The summed E-state index contributed by atoms with van der Waals surface area (Å²) in [5.74, 6) is 0. The third kappa shape index (κ3) is 4.78. The molecule has 55 heavy (non-hydrogen) atoms. The lowest BCUT2D eigenvalue weighted by Crippen LogP contribution is -2.31. The summed E-state index contributed by atoms with van der Waals surface area (Å²) in [5.41, 5.74) is 14.3. The van der Waals surface area contributed by atoms with Gasteiger partial charge in [-0.05, 0) is 82.9 Å². The molecule has 4 nitrogen and oxygen atoms in total. The molecule has 0 amide bonds. The molecule has 0 N–H and O–H groups in total. The van der Waals surface area contributed by atoms with Gasteiger partial charge in [0.1, 0.15) is 11.2 Å². The van der Waals surface area contributed by atoms with Crippen LogP contribution >= 0.6 is 0 Å². The first-order valence-corrected chi connectivity index (χ1v) is 18.8. The minimum atomic E-state index is -0.383. The monoisotopic (exact) mass is 708 g/mol. The van der Waals surface area contributed by atoms with Gasteiger partial charge >= 0.3 is 0 Å². The average Bonchev–Trinajstić information content (AvgIpc) is 3.81. The Morgan fingerprint density at radius 2 is 0.982 bits per heavy atom. The standard InChI is InChI=1S/C51H36N2O2/c1-51(2)42-30-29-41-39-19-10-12-23-47(39)55-50(41)48(42)53(45-21-13-20-40-38-18-9-11-22-46(38)54-49(40)45)44-31-28-37(32-43(44)51)52(35-16-7-4-8-17-35)36-26-24-34(25-27-36)33-14-5-3-6-15-33/h3-32H,1-2H3. The van der Waals surface area contributed by atoms with Gasteiger partial charge in [0.2, 0.25) is 0 Å². The molecule has 262 valence electrons. The van der Waals surface area contributed by atoms with Crippen LogP contribution in [-0.2, 0) is 5.41 Å². The van der Waals surface area contributed by atoms with Gasteiger partial charge in [-0.3, -0.25) is 0 Å². The van der Waals surface area contributed by atoms with Crippen LogP contribution in [0.5, 0.6) is 0 Å². The molecular formula is C51H36N2O2. The van der Waals surface area contributed by atoms with E-state index in [0.29, 0.717) is 0 Å². The van der Waals surface area contributed by atoms with E-state index in [2.05, 4.69) is 194 Å². The second kappa shape index (κ2) is 12.0. The van der Waals surface area contributed by atoms with Crippen molar-refractivity contribution in [1.82, 2.24) is 0 Å². The van der Waals surface area contributed by atoms with Crippen molar-refractivity contribution in [2.75, 3.05) is 9.80 Å². The Morgan fingerprint density at radius 3 is 1.71 bits per heavy atom. The summed E-state index contributed by atoms with van der Waals surface area (Å²) >= 11 is 0. The van der Waals surface area contributed by atoms with Gasteiger partial charge in [-0.15, -0.1) is 0 Å². The quantitative estimate of drug-likeness (QED) is 0.178. The third-order valence-corrected chi connectivity index (χ3v) is 11.4. The number of rotatable bonds is 5. The molecule has 0 atom stereocenters. The minimum Gasteiger partial charge on any atom is -0.454 e. The van der Waals surface area contributed by atoms with Crippen LogP contribution in [0.3, 0.4) is 0 Å². The summed E-state index contributed by atoms with van der Waals surface area (Å²) in [7, 11) is 0. The number of para-hydroxylation sites is 4. The van der Waals surface area contributed by atoms with E-state index in [1.54, 1.807) is 0 Å². The number of furan rings is 2. The zero-order valence-electron chi connectivity index (χ0n) is 30.5. The van der Waals surface area contributed by atoms with Crippen LogP contribution in [0.1, 0.15) is 25.0 Å². The molecule has 0 bridgehead atoms. The maximum atomic E-state index is 6.82. The van der Waals surface area contributed by atoms with Crippen molar-refractivity contribution in [3.8, 4) is 11.1 Å². The number of fused-ring (bicyclic) bond motifs is 9. The fraction of sp³-hybridized carbons (Fsp3) is 0.0588. The highest BCUT2D eigenvalue weighted by molar-refractivity contribution is 6.15. The van der Waals surface area contributed by atoms with Gasteiger partial charge in [0.05, 0.1) is 17.1 Å². The summed E-state index contributed by atoms with van der Waals surface area (Å²) in [6, 6.07) is 64.6. The fourth-order valence-electron chi connectivity index (χ4n) is 8.74. The minimum absolute atomic E-state index is 0.383. The Balaban J connectivity index is 1.16. The van der Waals surface area contributed by atoms with Crippen LogP contribution in [0.15, 0.2) is 191 Å². The summed E-state index contributed by atoms with van der Waals surface area (Å²) in [6.45, 7) is 4.67. The highest BCUT2D eigenvalue weighted by atomic mass is 16.3. The number of anilines is 6. The van der Waals surface area contributed by atoms with Crippen molar-refractivity contribution in [2.45, 2.75) is 19.3 Å². The zero-order valence-corrected chi connectivity index (χ0v) is 30.5. The van der Waals surface area contributed by atoms with Gasteiger partial charge in [-0.1, -0.05) is 135 Å². The van der Waals surface area contributed by atoms with Crippen LogP contribution in [0.25, 0.3) is 55.0 Å². The molecule has 10 aromatic rings. The van der Waals surface area contributed by atoms with Gasteiger partial charge in [0, 0.05) is 44.0 Å². The summed E-state index contributed by atoms with van der Waals surface area (Å²) < 4.78 is 13.5. The van der Waals surface area contributed by atoms with Crippen molar-refractivity contribution in [2.24, 2.45) is 0 Å². The van der Waals surface area contributed by atoms with Gasteiger partial charge in [0.15, 0.2) is 11.2 Å². The van der Waals surface area contributed by atoms with E-state index < -0.39 is 0 Å². The van der Waals surface area contributed by atoms with E-state index in [0.717, 1.165) is 78.0 Å². The molecule has 0 radical (unpaired) electrons. The summed E-state index contributed by atoms with van der Waals surface area (Å²) in [6.07, 6.45) is 0. The first kappa shape index (κ1) is 31.5. The van der Waals surface area contributed by atoms with E-state index in [1.807, 2.05) is 12.1 Å². The molecule has 1 aliphatic rings. The predicted octanol–water partition coefficient (Wildman–Crippen LogP) is 14.7. The van der Waals surface area contributed by atoms with E-state index in [-0.39, 0.29) is 5.41 Å². The lowest BCUT2D eigenvalue weighted by Gasteiger charge is -2.42. The lowest BCUT2D eigenvalue weighted by atomic mass is 9.73. The molecule has 4 heteroatoms. The maximum Gasteiger partial charge on any atom is 0.159 e. The van der Waals surface area contributed by atoms with Crippen LogP contribution in [0.4, 0.5) is 34.1 Å². The number of nitrogens with zero attached hydrogens (tertiary/aromatic N) is 2. The molecule has 3 heterocycles. The molecule has 0 spiro atoms. The normalized spacial score (nSPS) is 13.4. The first-order chi connectivity index (χ1) is 27.0. The first-order valence-electron chi connectivity index (χ1n) is 18.8. The topological polar surface area (TPSA) is 32.8 Å². The van der Waals surface area contributed by atoms with E-state index in [1.165, 1.54) is 22.3 Å². The van der Waals surface area contributed by atoms with Crippen molar-refractivity contribution >= 4 is 78.0 Å². The molecular weight excluding hydrogens is 673 g/mol. The Kier molecular flexibility index (Phi) is 6.86. The smallest absolute Gasteiger partial charge is 0.159 e. The number of hydrogen-bond acceptors (Lipinski definition) is 4. The molecule has 11 rings (SSSR count). The van der Waals surface area contributed by atoms with Gasteiger partial charge < -0.3 is 18.6 Å². The Bertz CT molecular complexity index is 3070. The molecule has 0 saturated heterocycles. The Hall–Kier alpha value is -7.04. The van der Waals surface area contributed by atoms with Gasteiger partial charge in [-0.25, -0.2) is 0 Å². The van der Waals surface area contributed by atoms with Crippen molar-refractivity contribution in [3.63, 3.8) is 0 Å².